The molecule has 5 nitrogen and oxygen atoms in total. The standard InChI is InChI=1S/C21H17Cl2N3O2S/c22-14-7-8-15(16(23)10-14)18(27)12-26-9-3-4-13(11-26)20(28)25-21-24-17-5-1-2-6-19(17)29-21/h3-4,7-11H,1-2,5-6,12H2/p+1. The summed E-state index contributed by atoms with van der Waals surface area (Å²) >= 11 is 13.6. The van der Waals surface area contributed by atoms with E-state index in [4.69, 9.17) is 23.2 Å². The first-order valence-corrected chi connectivity index (χ1v) is 10.8. The Labute approximate surface area is 182 Å². The Bertz CT molecular complexity index is 1070. The Morgan fingerprint density at radius 3 is 2.79 bits per heavy atom. The molecule has 1 amide bonds. The number of aromatic nitrogens is 2. The number of thiazole rings is 1. The van der Waals surface area contributed by atoms with Crippen molar-refractivity contribution in [1.29, 1.82) is 0 Å². The van der Waals surface area contributed by atoms with Crippen LogP contribution in [0.4, 0.5) is 5.13 Å². The Balaban J connectivity index is 1.47. The van der Waals surface area contributed by atoms with Crippen LogP contribution < -0.4 is 9.88 Å². The number of benzene rings is 1. The zero-order valence-corrected chi connectivity index (χ0v) is 17.8. The highest BCUT2D eigenvalue weighted by molar-refractivity contribution is 7.15. The summed E-state index contributed by atoms with van der Waals surface area (Å²) < 4.78 is 1.66. The Morgan fingerprint density at radius 1 is 1.17 bits per heavy atom. The van der Waals surface area contributed by atoms with Gasteiger partial charge in [-0.1, -0.05) is 23.2 Å². The highest BCUT2D eigenvalue weighted by Crippen LogP contribution is 2.29. The Hall–Kier alpha value is -2.28. The highest BCUT2D eigenvalue weighted by Gasteiger charge is 2.20. The van der Waals surface area contributed by atoms with Gasteiger partial charge in [0.1, 0.15) is 5.56 Å². The van der Waals surface area contributed by atoms with Crippen molar-refractivity contribution in [1.82, 2.24) is 4.98 Å². The quantitative estimate of drug-likeness (QED) is 0.454. The van der Waals surface area contributed by atoms with Crippen LogP contribution in [-0.2, 0) is 19.4 Å². The van der Waals surface area contributed by atoms with Gasteiger partial charge < -0.3 is 0 Å². The maximum Gasteiger partial charge on any atom is 0.263 e. The molecular formula is C21H18Cl2N3O2S+. The van der Waals surface area contributed by atoms with Crippen molar-refractivity contribution < 1.29 is 14.2 Å². The van der Waals surface area contributed by atoms with E-state index in [2.05, 4.69) is 10.3 Å². The third-order valence-corrected chi connectivity index (χ3v) is 6.36. The second kappa shape index (κ2) is 8.61. The van der Waals surface area contributed by atoms with Crippen LogP contribution in [-0.4, -0.2) is 16.7 Å². The van der Waals surface area contributed by atoms with Gasteiger partial charge in [-0.2, -0.15) is 4.57 Å². The normalized spacial score (nSPS) is 13.0. The van der Waals surface area contributed by atoms with Gasteiger partial charge in [0.05, 0.1) is 10.7 Å². The number of fused-ring (bicyclic) bond motifs is 1. The van der Waals surface area contributed by atoms with Crippen LogP contribution in [0.25, 0.3) is 0 Å². The third kappa shape index (κ3) is 4.66. The average Bonchev–Trinajstić information content (AvgIpc) is 3.10. The minimum absolute atomic E-state index is 0.0635. The topological polar surface area (TPSA) is 62.9 Å². The van der Waals surface area contributed by atoms with E-state index < -0.39 is 0 Å². The van der Waals surface area contributed by atoms with Crippen molar-refractivity contribution >= 4 is 51.4 Å². The predicted molar refractivity (Wildman–Crippen MR) is 114 cm³/mol. The number of rotatable bonds is 5. The van der Waals surface area contributed by atoms with Gasteiger partial charge in [-0.25, -0.2) is 4.98 Å². The maximum absolute atomic E-state index is 12.6. The molecule has 1 aromatic carbocycles. The van der Waals surface area contributed by atoms with Gasteiger partial charge in [0.25, 0.3) is 5.91 Å². The van der Waals surface area contributed by atoms with Gasteiger partial charge in [0.15, 0.2) is 17.5 Å². The van der Waals surface area contributed by atoms with Crippen LogP contribution in [0, 0.1) is 0 Å². The van der Waals surface area contributed by atoms with Gasteiger partial charge in [0, 0.05) is 21.5 Å². The zero-order valence-electron chi connectivity index (χ0n) is 15.5. The van der Waals surface area contributed by atoms with Crippen LogP contribution in [0.3, 0.4) is 0 Å². The van der Waals surface area contributed by atoms with Crippen LogP contribution in [0.15, 0.2) is 42.7 Å². The van der Waals surface area contributed by atoms with Crippen molar-refractivity contribution in [3.63, 3.8) is 0 Å². The molecule has 1 aliphatic carbocycles. The molecule has 148 valence electrons. The zero-order chi connectivity index (χ0) is 20.4. The summed E-state index contributed by atoms with van der Waals surface area (Å²) in [6, 6.07) is 8.22. The van der Waals surface area contributed by atoms with Gasteiger partial charge in [-0.3, -0.25) is 14.9 Å². The van der Waals surface area contributed by atoms with Crippen molar-refractivity contribution in [2.75, 3.05) is 5.32 Å². The van der Waals surface area contributed by atoms with Gasteiger partial charge in [-0.05, 0) is 49.9 Å². The molecule has 0 spiro atoms. The fourth-order valence-corrected chi connectivity index (χ4v) is 4.85. The molecule has 0 unspecified atom stereocenters. The molecule has 0 saturated carbocycles. The highest BCUT2D eigenvalue weighted by atomic mass is 35.5. The van der Waals surface area contributed by atoms with Crippen molar-refractivity contribution in [2.24, 2.45) is 0 Å². The van der Waals surface area contributed by atoms with Crippen LogP contribution in [0.5, 0.6) is 0 Å². The Morgan fingerprint density at radius 2 is 2.00 bits per heavy atom. The van der Waals surface area contributed by atoms with Gasteiger partial charge in [-0.15, -0.1) is 11.3 Å². The first-order valence-electron chi connectivity index (χ1n) is 9.27. The lowest BCUT2D eigenvalue weighted by Crippen LogP contribution is -2.38. The maximum atomic E-state index is 12.6. The number of carbonyl (C=O) groups is 2. The summed E-state index contributed by atoms with van der Waals surface area (Å²) in [6.07, 6.45) is 7.71. The molecule has 0 radical (unpaired) electrons. The molecule has 0 bridgehead atoms. The minimum atomic E-state index is -0.248. The molecule has 2 heterocycles. The summed E-state index contributed by atoms with van der Waals surface area (Å²) in [6.45, 7) is 0.0635. The number of ketones is 1. The van der Waals surface area contributed by atoms with Crippen molar-refractivity contribution in [3.8, 4) is 0 Å². The fraction of sp³-hybridized carbons (Fsp3) is 0.238. The van der Waals surface area contributed by atoms with Gasteiger partial charge >= 0.3 is 0 Å². The van der Waals surface area contributed by atoms with E-state index >= 15 is 0 Å². The summed E-state index contributed by atoms with van der Waals surface area (Å²) in [7, 11) is 0. The van der Waals surface area contributed by atoms with E-state index in [1.54, 1.807) is 58.6 Å². The van der Waals surface area contributed by atoms with E-state index in [0.717, 1.165) is 25.0 Å². The van der Waals surface area contributed by atoms with E-state index in [9.17, 15) is 9.59 Å². The molecule has 1 N–H and O–H groups in total. The van der Waals surface area contributed by atoms with Crippen molar-refractivity contribution in [2.45, 2.75) is 32.2 Å². The number of anilines is 1. The molecule has 1 aliphatic rings. The monoisotopic (exact) mass is 446 g/mol. The summed E-state index contributed by atoms with van der Waals surface area (Å²) in [4.78, 5) is 31.0. The molecule has 0 atom stereocenters. The smallest absolute Gasteiger partial charge is 0.263 e. The number of nitrogens with zero attached hydrogens (tertiary/aromatic N) is 2. The second-order valence-corrected chi connectivity index (χ2v) is 8.79. The summed E-state index contributed by atoms with van der Waals surface area (Å²) in [5, 5.41) is 4.29. The molecule has 29 heavy (non-hydrogen) atoms. The third-order valence-electron chi connectivity index (χ3n) is 4.74. The second-order valence-electron chi connectivity index (χ2n) is 6.86. The lowest BCUT2D eigenvalue weighted by atomic mass is 10.0. The van der Waals surface area contributed by atoms with E-state index in [1.165, 1.54) is 11.3 Å². The Kier molecular flexibility index (Phi) is 5.94. The molecule has 4 rings (SSSR count). The average molecular weight is 447 g/mol. The number of Topliss-reactive ketones (excluding diaryl/α,β-unsaturated/α-hetero) is 1. The fourth-order valence-electron chi connectivity index (χ4n) is 3.30. The molecule has 2 aromatic heterocycles. The molecule has 8 heteroatoms. The van der Waals surface area contributed by atoms with Crippen LogP contribution in [0.2, 0.25) is 10.0 Å². The van der Waals surface area contributed by atoms with Crippen LogP contribution in [0.1, 0.15) is 44.1 Å². The number of pyridine rings is 1. The first kappa shape index (κ1) is 20.0. The minimum Gasteiger partial charge on any atom is -0.298 e. The lowest BCUT2D eigenvalue weighted by molar-refractivity contribution is -0.683. The number of aryl methyl sites for hydroxylation is 2. The van der Waals surface area contributed by atoms with Gasteiger partial charge in [0.2, 0.25) is 12.3 Å². The molecule has 0 fully saturated rings. The predicted octanol–water partition coefficient (Wildman–Crippen LogP) is 4.75. The molecular weight excluding hydrogens is 429 g/mol. The number of hydrogen-bond donors (Lipinski definition) is 1. The number of nitrogens with one attached hydrogen (secondary N) is 1. The summed E-state index contributed by atoms with van der Waals surface area (Å²) in [5.74, 6) is -0.413. The first-order chi connectivity index (χ1) is 14.0. The molecule has 0 saturated heterocycles. The number of hydrogen-bond acceptors (Lipinski definition) is 4. The van der Waals surface area contributed by atoms with Crippen molar-refractivity contribution in [3.05, 3.63) is 74.5 Å². The van der Waals surface area contributed by atoms with E-state index in [1.807, 2.05) is 0 Å². The van der Waals surface area contributed by atoms with E-state index in [-0.39, 0.29) is 18.2 Å². The van der Waals surface area contributed by atoms with Crippen LogP contribution >= 0.6 is 34.5 Å². The number of halogens is 2. The largest absolute Gasteiger partial charge is 0.298 e. The molecule has 0 aliphatic heterocycles. The summed E-state index contributed by atoms with van der Waals surface area (Å²) in [5.41, 5.74) is 1.95. The molecule has 3 aromatic rings. The van der Waals surface area contributed by atoms with E-state index in [0.29, 0.717) is 26.3 Å². The lowest BCUT2D eigenvalue weighted by Gasteiger charge is -2.06. The number of carbonyl (C=O) groups excluding carboxylic acids is 2. The SMILES string of the molecule is O=C(Nc1nc2c(s1)CCCC2)c1ccc[n+](CC(=O)c2ccc(Cl)cc2Cl)c1. The number of amides is 1.